The van der Waals surface area contributed by atoms with E-state index in [2.05, 4.69) is 28.2 Å². The van der Waals surface area contributed by atoms with Gasteiger partial charge in [0.25, 0.3) is 0 Å². The fourth-order valence-corrected chi connectivity index (χ4v) is 2.32. The summed E-state index contributed by atoms with van der Waals surface area (Å²) in [7, 11) is 3.34. The highest BCUT2D eigenvalue weighted by Gasteiger charge is 2.12. The Morgan fingerprint density at radius 2 is 1.70 bits per heavy atom. The standard InChI is InChI=1S/C16H18BrNO2/c1-11(18-13-6-4-12(17)5-7-13)15-10-14(19-2)8-9-16(15)20-3/h4-11,18H,1-3H3. The van der Waals surface area contributed by atoms with E-state index in [1.165, 1.54) is 0 Å². The minimum atomic E-state index is 0.112. The van der Waals surface area contributed by atoms with Crippen LogP contribution in [0.25, 0.3) is 0 Å². The number of hydrogen-bond acceptors (Lipinski definition) is 3. The van der Waals surface area contributed by atoms with Crippen molar-refractivity contribution in [1.29, 1.82) is 0 Å². The monoisotopic (exact) mass is 335 g/mol. The molecule has 0 fully saturated rings. The molecular formula is C16H18BrNO2. The van der Waals surface area contributed by atoms with Crippen LogP contribution in [-0.2, 0) is 0 Å². The smallest absolute Gasteiger partial charge is 0.124 e. The number of nitrogens with one attached hydrogen (secondary N) is 1. The van der Waals surface area contributed by atoms with Crippen LogP contribution in [0.4, 0.5) is 5.69 Å². The summed E-state index contributed by atoms with van der Waals surface area (Å²) in [5.41, 5.74) is 2.13. The maximum Gasteiger partial charge on any atom is 0.124 e. The Bertz CT molecular complexity index is 569. The van der Waals surface area contributed by atoms with Gasteiger partial charge in [0.05, 0.1) is 20.3 Å². The van der Waals surface area contributed by atoms with Gasteiger partial charge in [-0.25, -0.2) is 0 Å². The van der Waals surface area contributed by atoms with E-state index in [9.17, 15) is 0 Å². The molecule has 0 aromatic heterocycles. The van der Waals surface area contributed by atoms with Crippen LogP contribution in [0.5, 0.6) is 11.5 Å². The molecule has 0 aliphatic heterocycles. The second kappa shape index (κ2) is 6.66. The lowest BCUT2D eigenvalue weighted by atomic mass is 10.1. The summed E-state index contributed by atoms with van der Waals surface area (Å²) in [5, 5.41) is 3.46. The van der Waals surface area contributed by atoms with Crippen molar-refractivity contribution >= 4 is 21.6 Å². The number of rotatable bonds is 5. The molecule has 20 heavy (non-hydrogen) atoms. The number of hydrogen-bond donors (Lipinski definition) is 1. The van der Waals surface area contributed by atoms with E-state index in [0.29, 0.717) is 0 Å². The number of benzene rings is 2. The second-order valence-corrected chi connectivity index (χ2v) is 5.40. The van der Waals surface area contributed by atoms with E-state index >= 15 is 0 Å². The van der Waals surface area contributed by atoms with Gasteiger partial charge in [-0.1, -0.05) is 15.9 Å². The summed E-state index contributed by atoms with van der Waals surface area (Å²) >= 11 is 3.43. The summed E-state index contributed by atoms with van der Waals surface area (Å²) in [6, 6.07) is 14.0. The highest BCUT2D eigenvalue weighted by atomic mass is 79.9. The largest absolute Gasteiger partial charge is 0.497 e. The van der Waals surface area contributed by atoms with Gasteiger partial charge in [-0.2, -0.15) is 0 Å². The maximum absolute atomic E-state index is 5.42. The highest BCUT2D eigenvalue weighted by Crippen LogP contribution is 2.31. The van der Waals surface area contributed by atoms with Crippen molar-refractivity contribution < 1.29 is 9.47 Å². The van der Waals surface area contributed by atoms with Crippen LogP contribution in [0.2, 0.25) is 0 Å². The fraction of sp³-hybridized carbons (Fsp3) is 0.250. The molecule has 3 nitrogen and oxygen atoms in total. The Kier molecular flexibility index (Phi) is 4.90. The molecule has 0 spiro atoms. The van der Waals surface area contributed by atoms with Gasteiger partial charge in [0.2, 0.25) is 0 Å². The average molecular weight is 336 g/mol. The van der Waals surface area contributed by atoms with E-state index in [-0.39, 0.29) is 6.04 Å². The summed E-state index contributed by atoms with van der Waals surface area (Å²) in [4.78, 5) is 0. The zero-order chi connectivity index (χ0) is 14.5. The molecule has 0 aliphatic carbocycles. The van der Waals surface area contributed by atoms with Crippen LogP contribution in [0.3, 0.4) is 0 Å². The minimum absolute atomic E-state index is 0.112. The Morgan fingerprint density at radius 3 is 2.30 bits per heavy atom. The van der Waals surface area contributed by atoms with Crippen LogP contribution in [0.1, 0.15) is 18.5 Å². The zero-order valence-corrected chi connectivity index (χ0v) is 13.4. The number of ether oxygens (including phenoxy) is 2. The van der Waals surface area contributed by atoms with E-state index in [1.54, 1.807) is 14.2 Å². The van der Waals surface area contributed by atoms with Crippen molar-refractivity contribution in [2.75, 3.05) is 19.5 Å². The molecule has 0 saturated heterocycles. The fourth-order valence-electron chi connectivity index (χ4n) is 2.05. The zero-order valence-electron chi connectivity index (χ0n) is 11.8. The Labute approximate surface area is 128 Å². The summed E-state index contributed by atoms with van der Waals surface area (Å²) in [6.07, 6.45) is 0. The highest BCUT2D eigenvalue weighted by molar-refractivity contribution is 9.10. The molecule has 0 aliphatic rings. The predicted molar refractivity (Wildman–Crippen MR) is 85.7 cm³/mol. The molecule has 2 aromatic rings. The first-order valence-electron chi connectivity index (χ1n) is 6.38. The van der Waals surface area contributed by atoms with Gasteiger partial charge in [0.1, 0.15) is 11.5 Å². The molecule has 4 heteroatoms. The quantitative estimate of drug-likeness (QED) is 0.863. The average Bonchev–Trinajstić information content (AvgIpc) is 2.48. The van der Waals surface area contributed by atoms with E-state index in [4.69, 9.17) is 9.47 Å². The van der Waals surface area contributed by atoms with Crippen LogP contribution < -0.4 is 14.8 Å². The lowest BCUT2D eigenvalue weighted by Crippen LogP contribution is -2.08. The van der Waals surface area contributed by atoms with E-state index in [0.717, 1.165) is 27.2 Å². The third-order valence-electron chi connectivity index (χ3n) is 3.13. The Hall–Kier alpha value is -1.68. The van der Waals surface area contributed by atoms with Gasteiger partial charge < -0.3 is 14.8 Å². The van der Waals surface area contributed by atoms with Gasteiger partial charge in [-0.05, 0) is 49.4 Å². The first-order chi connectivity index (χ1) is 9.63. The lowest BCUT2D eigenvalue weighted by molar-refractivity contribution is 0.397. The maximum atomic E-state index is 5.42. The Morgan fingerprint density at radius 1 is 1.00 bits per heavy atom. The van der Waals surface area contributed by atoms with Crippen LogP contribution in [0, 0.1) is 0 Å². The molecule has 106 valence electrons. The number of halogens is 1. The minimum Gasteiger partial charge on any atom is -0.497 e. The molecule has 0 heterocycles. The first-order valence-corrected chi connectivity index (χ1v) is 7.17. The van der Waals surface area contributed by atoms with Gasteiger partial charge in [0, 0.05) is 15.7 Å². The third kappa shape index (κ3) is 3.45. The lowest BCUT2D eigenvalue weighted by Gasteiger charge is -2.19. The number of anilines is 1. The molecule has 2 rings (SSSR count). The van der Waals surface area contributed by atoms with Crippen molar-refractivity contribution in [1.82, 2.24) is 0 Å². The van der Waals surface area contributed by atoms with Crippen molar-refractivity contribution in [2.45, 2.75) is 13.0 Å². The predicted octanol–water partition coefficient (Wildman–Crippen LogP) is 4.64. The van der Waals surface area contributed by atoms with Crippen molar-refractivity contribution in [3.05, 3.63) is 52.5 Å². The molecule has 2 aromatic carbocycles. The van der Waals surface area contributed by atoms with Crippen molar-refractivity contribution in [3.63, 3.8) is 0 Å². The van der Waals surface area contributed by atoms with Gasteiger partial charge >= 0.3 is 0 Å². The third-order valence-corrected chi connectivity index (χ3v) is 3.66. The second-order valence-electron chi connectivity index (χ2n) is 4.48. The molecule has 0 radical (unpaired) electrons. The van der Waals surface area contributed by atoms with Gasteiger partial charge in [0.15, 0.2) is 0 Å². The molecule has 0 saturated carbocycles. The topological polar surface area (TPSA) is 30.5 Å². The SMILES string of the molecule is COc1ccc(OC)c(C(C)Nc2ccc(Br)cc2)c1. The van der Waals surface area contributed by atoms with Crippen molar-refractivity contribution in [3.8, 4) is 11.5 Å². The molecule has 1 unspecified atom stereocenters. The molecular weight excluding hydrogens is 318 g/mol. The summed E-state index contributed by atoms with van der Waals surface area (Å²) in [5.74, 6) is 1.67. The van der Waals surface area contributed by atoms with Crippen LogP contribution in [0.15, 0.2) is 46.9 Å². The van der Waals surface area contributed by atoms with Gasteiger partial charge in [-0.3, -0.25) is 0 Å². The molecule has 0 bridgehead atoms. The Balaban J connectivity index is 2.23. The number of methoxy groups -OCH3 is 2. The summed E-state index contributed by atoms with van der Waals surface area (Å²) < 4.78 is 11.8. The van der Waals surface area contributed by atoms with Crippen LogP contribution in [-0.4, -0.2) is 14.2 Å². The molecule has 1 N–H and O–H groups in total. The van der Waals surface area contributed by atoms with Crippen LogP contribution >= 0.6 is 15.9 Å². The van der Waals surface area contributed by atoms with E-state index < -0.39 is 0 Å². The molecule has 1 atom stereocenters. The molecule has 0 amide bonds. The summed E-state index contributed by atoms with van der Waals surface area (Å²) in [6.45, 7) is 2.10. The van der Waals surface area contributed by atoms with E-state index in [1.807, 2.05) is 42.5 Å². The van der Waals surface area contributed by atoms with Crippen molar-refractivity contribution in [2.24, 2.45) is 0 Å². The van der Waals surface area contributed by atoms with Gasteiger partial charge in [-0.15, -0.1) is 0 Å². The first kappa shape index (κ1) is 14.7. The normalized spacial score (nSPS) is 11.8.